The molecular formula is C17H21NO3. The average molecular weight is 287 g/mol. The molecule has 4 nitrogen and oxygen atoms in total. The van der Waals surface area contributed by atoms with Crippen molar-refractivity contribution < 1.29 is 14.0 Å². The summed E-state index contributed by atoms with van der Waals surface area (Å²) in [5, 5.41) is 4.15. The molecule has 1 aliphatic carbocycles. The number of fused-ring (bicyclic) bond motifs is 1. The summed E-state index contributed by atoms with van der Waals surface area (Å²) in [7, 11) is 1.72. The largest absolute Gasteiger partial charge is 0.487 e. The first-order valence-electron chi connectivity index (χ1n) is 7.54. The second-order valence-corrected chi connectivity index (χ2v) is 5.41. The van der Waals surface area contributed by atoms with Crippen molar-refractivity contribution in [3.05, 3.63) is 46.8 Å². The van der Waals surface area contributed by atoms with E-state index in [2.05, 4.69) is 17.3 Å². The predicted molar refractivity (Wildman–Crippen MR) is 79.5 cm³/mol. The van der Waals surface area contributed by atoms with Crippen molar-refractivity contribution in [2.75, 3.05) is 13.7 Å². The maximum Gasteiger partial charge on any atom is 0.140 e. The van der Waals surface area contributed by atoms with Crippen LogP contribution in [-0.4, -0.2) is 18.9 Å². The molecule has 0 N–H and O–H groups in total. The molecule has 2 aromatic rings. The van der Waals surface area contributed by atoms with Crippen LogP contribution in [-0.2, 0) is 30.6 Å². The molecule has 112 valence electrons. The monoisotopic (exact) mass is 287 g/mol. The van der Waals surface area contributed by atoms with Crippen LogP contribution >= 0.6 is 0 Å². The van der Waals surface area contributed by atoms with Crippen molar-refractivity contribution in [1.82, 2.24) is 5.16 Å². The van der Waals surface area contributed by atoms with E-state index in [0.29, 0.717) is 6.61 Å². The lowest BCUT2D eigenvalue weighted by molar-refractivity contribution is 0.202. The van der Waals surface area contributed by atoms with E-state index >= 15 is 0 Å². The molecule has 0 atom stereocenters. The third-order valence-corrected chi connectivity index (χ3v) is 3.93. The molecule has 1 aliphatic rings. The van der Waals surface area contributed by atoms with Crippen LogP contribution in [0.3, 0.4) is 0 Å². The van der Waals surface area contributed by atoms with Gasteiger partial charge in [-0.1, -0.05) is 17.3 Å². The average Bonchev–Trinajstić information content (AvgIpc) is 2.95. The van der Waals surface area contributed by atoms with E-state index in [1.165, 1.54) is 24.0 Å². The second kappa shape index (κ2) is 6.76. The summed E-state index contributed by atoms with van der Waals surface area (Å²) >= 11 is 0. The Hall–Kier alpha value is -1.81. The number of hydrogen-bond acceptors (Lipinski definition) is 4. The lowest BCUT2D eigenvalue weighted by Gasteiger charge is -2.10. The zero-order valence-electron chi connectivity index (χ0n) is 12.4. The topological polar surface area (TPSA) is 44.5 Å². The molecule has 0 radical (unpaired) electrons. The van der Waals surface area contributed by atoms with E-state index in [4.69, 9.17) is 14.0 Å². The number of benzene rings is 1. The zero-order chi connectivity index (χ0) is 14.5. The summed E-state index contributed by atoms with van der Waals surface area (Å²) in [4.78, 5) is 0. The molecule has 0 unspecified atom stereocenters. The van der Waals surface area contributed by atoms with Crippen molar-refractivity contribution >= 4 is 0 Å². The highest BCUT2D eigenvalue weighted by Gasteiger charge is 2.19. The van der Waals surface area contributed by atoms with E-state index in [1.54, 1.807) is 7.11 Å². The highest BCUT2D eigenvalue weighted by Crippen LogP contribution is 2.25. The quantitative estimate of drug-likeness (QED) is 0.817. The maximum atomic E-state index is 5.82. The second-order valence-electron chi connectivity index (χ2n) is 5.41. The van der Waals surface area contributed by atoms with Gasteiger partial charge in [-0.15, -0.1) is 0 Å². The summed E-state index contributed by atoms with van der Waals surface area (Å²) in [6.45, 7) is 1.22. The van der Waals surface area contributed by atoms with Crippen LogP contribution in [0.15, 0.2) is 28.8 Å². The van der Waals surface area contributed by atoms with Gasteiger partial charge in [0, 0.05) is 19.1 Å². The van der Waals surface area contributed by atoms with Gasteiger partial charge in [0.15, 0.2) is 0 Å². The van der Waals surface area contributed by atoms with Crippen LogP contribution in [0.1, 0.15) is 35.4 Å². The van der Waals surface area contributed by atoms with Crippen molar-refractivity contribution in [3.8, 4) is 5.75 Å². The van der Waals surface area contributed by atoms with Gasteiger partial charge in [0.1, 0.15) is 23.8 Å². The standard InChI is InChI=1S/C17H21NO3/c1-19-11-10-13-6-8-14(9-7-13)20-12-16-15-4-2-3-5-17(15)21-18-16/h6-9H,2-5,10-12H2,1H3. The van der Waals surface area contributed by atoms with E-state index < -0.39 is 0 Å². The van der Waals surface area contributed by atoms with Gasteiger partial charge in [-0.2, -0.15) is 0 Å². The Labute approximate surface area is 125 Å². The van der Waals surface area contributed by atoms with Crippen LogP contribution in [0.2, 0.25) is 0 Å². The van der Waals surface area contributed by atoms with Crippen LogP contribution < -0.4 is 4.74 Å². The molecule has 1 aromatic heterocycles. The summed E-state index contributed by atoms with van der Waals surface area (Å²) in [5.74, 6) is 1.92. The summed E-state index contributed by atoms with van der Waals surface area (Å²) in [6, 6.07) is 8.15. The minimum atomic E-state index is 0.482. The minimum absolute atomic E-state index is 0.482. The first-order chi connectivity index (χ1) is 10.4. The molecule has 1 heterocycles. The highest BCUT2D eigenvalue weighted by atomic mass is 16.5. The maximum absolute atomic E-state index is 5.82. The smallest absolute Gasteiger partial charge is 0.140 e. The Kier molecular flexibility index (Phi) is 4.55. The van der Waals surface area contributed by atoms with Crippen molar-refractivity contribution in [2.24, 2.45) is 0 Å². The Morgan fingerprint density at radius 1 is 1.14 bits per heavy atom. The molecule has 0 saturated heterocycles. The van der Waals surface area contributed by atoms with E-state index in [0.717, 1.165) is 43.1 Å². The highest BCUT2D eigenvalue weighted by molar-refractivity contribution is 5.29. The zero-order valence-corrected chi connectivity index (χ0v) is 12.4. The third kappa shape index (κ3) is 3.45. The first-order valence-corrected chi connectivity index (χ1v) is 7.54. The Morgan fingerprint density at radius 2 is 1.95 bits per heavy atom. The predicted octanol–water partition coefficient (Wildman–Crippen LogP) is 3.32. The number of hydrogen-bond donors (Lipinski definition) is 0. The van der Waals surface area contributed by atoms with Gasteiger partial charge in [-0.25, -0.2) is 0 Å². The van der Waals surface area contributed by atoms with Gasteiger partial charge < -0.3 is 14.0 Å². The van der Waals surface area contributed by atoms with Gasteiger partial charge >= 0.3 is 0 Å². The van der Waals surface area contributed by atoms with Gasteiger partial charge in [0.2, 0.25) is 0 Å². The molecule has 0 aliphatic heterocycles. The number of nitrogens with zero attached hydrogens (tertiary/aromatic N) is 1. The molecule has 0 fully saturated rings. The van der Waals surface area contributed by atoms with Gasteiger partial charge in [0.05, 0.1) is 6.61 Å². The summed E-state index contributed by atoms with van der Waals surface area (Å²) < 4.78 is 16.3. The van der Waals surface area contributed by atoms with E-state index in [1.807, 2.05) is 12.1 Å². The number of methoxy groups -OCH3 is 1. The molecule has 1 aromatic carbocycles. The van der Waals surface area contributed by atoms with Crippen LogP contribution in [0.4, 0.5) is 0 Å². The lowest BCUT2D eigenvalue weighted by Crippen LogP contribution is -2.04. The fourth-order valence-electron chi connectivity index (χ4n) is 2.69. The molecule has 0 saturated carbocycles. The lowest BCUT2D eigenvalue weighted by atomic mass is 9.97. The van der Waals surface area contributed by atoms with Crippen molar-refractivity contribution in [3.63, 3.8) is 0 Å². The number of aryl methyl sites for hydroxylation is 1. The minimum Gasteiger partial charge on any atom is -0.487 e. The number of ether oxygens (including phenoxy) is 2. The normalized spacial score (nSPS) is 14.0. The summed E-state index contributed by atoms with van der Waals surface area (Å²) in [6.07, 6.45) is 5.42. The third-order valence-electron chi connectivity index (χ3n) is 3.93. The fourth-order valence-corrected chi connectivity index (χ4v) is 2.69. The molecule has 0 spiro atoms. The Balaban J connectivity index is 1.58. The van der Waals surface area contributed by atoms with Crippen molar-refractivity contribution in [2.45, 2.75) is 38.7 Å². The molecular weight excluding hydrogens is 266 g/mol. The number of rotatable bonds is 6. The number of aromatic nitrogens is 1. The van der Waals surface area contributed by atoms with Gasteiger partial charge in [-0.05, 0) is 43.4 Å². The van der Waals surface area contributed by atoms with E-state index in [-0.39, 0.29) is 0 Å². The molecule has 4 heteroatoms. The molecule has 0 amide bonds. The SMILES string of the molecule is COCCc1ccc(OCc2noc3c2CCCC3)cc1. The van der Waals surface area contributed by atoms with Crippen molar-refractivity contribution in [1.29, 1.82) is 0 Å². The Bertz CT molecular complexity index is 574. The molecule has 21 heavy (non-hydrogen) atoms. The first kappa shape index (κ1) is 14.1. The van der Waals surface area contributed by atoms with Gasteiger partial charge in [0.25, 0.3) is 0 Å². The fraction of sp³-hybridized carbons (Fsp3) is 0.471. The molecule has 3 rings (SSSR count). The van der Waals surface area contributed by atoms with E-state index in [9.17, 15) is 0 Å². The van der Waals surface area contributed by atoms with Crippen LogP contribution in [0.25, 0.3) is 0 Å². The summed E-state index contributed by atoms with van der Waals surface area (Å²) in [5.41, 5.74) is 3.47. The molecule has 0 bridgehead atoms. The van der Waals surface area contributed by atoms with Crippen LogP contribution in [0.5, 0.6) is 5.75 Å². The Morgan fingerprint density at radius 3 is 2.76 bits per heavy atom. The van der Waals surface area contributed by atoms with Crippen LogP contribution in [0, 0.1) is 0 Å². The van der Waals surface area contributed by atoms with Gasteiger partial charge in [-0.3, -0.25) is 0 Å².